The number of amides is 1. The lowest BCUT2D eigenvalue weighted by Gasteiger charge is -2.12. The third-order valence-corrected chi connectivity index (χ3v) is 2.97. The molecule has 2 aromatic rings. The summed E-state index contributed by atoms with van der Waals surface area (Å²) in [5.41, 5.74) is 0.996. The highest BCUT2D eigenvalue weighted by atomic mass is 35.5. The summed E-state index contributed by atoms with van der Waals surface area (Å²) in [4.78, 5) is 16.1. The molecule has 0 saturated heterocycles. The first-order valence-electron chi connectivity index (χ1n) is 6.58. The Balaban J connectivity index is 0.00000220. The molecule has 2 aromatic heterocycles. The van der Waals surface area contributed by atoms with E-state index in [-0.39, 0.29) is 36.6 Å². The summed E-state index contributed by atoms with van der Waals surface area (Å²) in [5.74, 6) is 0.731. The number of rotatable bonds is 6. The predicted molar refractivity (Wildman–Crippen MR) is 90.8 cm³/mol. The third kappa shape index (κ3) is 5.63. The summed E-state index contributed by atoms with van der Waals surface area (Å²) in [5, 5.41) is 10.0. The maximum atomic E-state index is 11.8. The van der Waals surface area contributed by atoms with Crippen molar-refractivity contribution in [1.82, 2.24) is 25.4 Å². The zero-order valence-electron chi connectivity index (χ0n) is 12.5. The number of nitrogens with zero attached hydrogens (tertiary/aromatic N) is 3. The van der Waals surface area contributed by atoms with E-state index in [0.717, 1.165) is 11.4 Å². The summed E-state index contributed by atoms with van der Waals surface area (Å²) < 4.78 is 1.69. The molecule has 2 heterocycles. The molecule has 0 radical (unpaired) electrons. The van der Waals surface area contributed by atoms with Crippen molar-refractivity contribution in [2.45, 2.75) is 13.5 Å². The molecule has 6 nitrogen and oxygen atoms in total. The average molecular weight is 346 g/mol. The van der Waals surface area contributed by atoms with E-state index >= 15 is 0 Å². The first kappa shape index (κ1) is 20.4. The van der Waals surface area contributed by atoms with E-state index in [1.807, 2.05) is 38.4 Å². The maximum Gasteiger partial charge on any atom is 0.224 e. The second-order valence-corrected chi connectivity index (χ2v) is 4.65. The quantitative estimate of drug-likeness (QED) is 0.833. The number of halogens is 2. The van der Waals surface area contributed by atoms with E-state index < -0.39 is 0 Å². The van der Waals surface area contributed by atoms with Crippen molar-refractivity contribution >= 4 is 30.7 Å². The lowest BCUT2D eigenvalue weighted by atomic mass is 10.1. The number of hydrogen-bond donors (Lipinski definition) is 2. The van der Waals surface area contributed by atoms with Crippen LogP contribution in [0.4, 0.5) is 0 Å². The van der Waals surface area contributed by atoms with E-state index in [1.165, 1.54) is 0 Å². The van der Waals surface area contributed by atoms with Gasteiger partial charge in [0, 0.05) is 37.6 Å². The first-order valence-corrected chi connectivity index (χ1v) is 6.58. The van der Waals surface area contributed by atoms with E-state index in [9.17, 15) is 4.79 Å². The number of carbonyl (C=O) groups is 1. The zero-order valence-corrected chi connectivity index (χ0v) is 14.2. The largest absolute Gasteiger partial charge is 0.352 e. The molecule has 22 heavy (non-hydrogen) atoms. The van der Waals surface area contributed by atoms with Crippen molar-refractivity contribution < 1.29 is 4.79 Å². The van der Waals surface area contributed by atoms with Crippen LogP contribution in [-0.4, -0.2) is 34.3 Å². The van der Waals surface area contributed by atoms with Gasteiger partial charge in [-0.25, -0.2) is 9.67 Å². The molecule has 122 valence electrons. The molecule has 1 atom stereocenters. The molecule has 0 saturated carbocycles. The lowest BCUT2D eigenvalue weighted by molar-refractivity contribution is -0.124. The van der Waals surface area contributed by atoms with Crippen LogP contribution in [-0.2, 0) is 11.3 Å². The smallest absolute Gasteiger partial charge is 0.224 e. The molecule has 0 aliphatic rings. The van der Waals surface area contributed by atoms with Gasteiger partial charge in [0.2, 0.25) is 5.91 Å². The highest BCUT2D eigenvalue weighted by Crippen LogP contribution is 2.06. The average Bonchev–Trinajstić information content (AvgIpc) is 2.99. The summed E-state index contributed by atoms with van der Waals surface area (Å²) in [7, 11) is 1.84. The van der Waals surface area contributed by atoms with Gasteiger partial charge in [-0.2, -0.15) is 5.10 Å². The lowest BCUT2D eigenvalue weighted by Crippen LogP contribution is -2.33. The minimum Gasteiger partial charge on any atom is -0.352 e. The molecular formula is C14H21Cl2N5O. The van der Waals surface area contributed by atoms with Crippen LogP contribution < -0.4 is 10.6 Å². The number of aromatic nitrogens is 3. The van der Waals surface area contributed by atoms with Gasteiger partial charge in [-0.3, -0.25) is 4.79 Å². The normalized spacial score (nSPS) is 11.0. The van der Waals surface area contributed by atoms with Crippen molar-refractivity contribution in [3.8, 4) is 5.82 Å². The Morgan fingerprint density at radius 3 is 2.77 bits per heavy atom. The van der Waals surface area contributed by atoms with Crippen LogP contribution in [0.2, 0.25) is 0 Å². The molecule has 0 aliphatic carbocycles. The Kier molecular flexibility index (Phi) is 9.40. The molecule has 0 aliphatic heterocycles. The summed E-state index contributed by atoms with van der Waals surface area (Å²) in [6.45, 7) is 3.05. The van der Waals surface area contributed by atoms with Gasteiger partial charge in [0.05, 0.1) is 0 Å². The van der Waals surface area contributed by atoms with E-state index in [2.05, 4.69) is 20.7 Å². The van der Waals surface area contributed by atoms with Gasteiger partial charge >= 0.3 is 0 Å². The van der Waals surface area contributed by atoms with Crippen molar-refractivity contribution in [2.75, 3.05) is 13.6 Å². The van der Waals surface area contributed by atoms with Gasteiger partial charge in [-0.15, -0.1) is 24.8 Å². The van der Waals surface area contributed by atoms with Crippen molar-refractivity contribution in [1.29, 1.82) is 0 Å². The Labute approximate surface area is 142 Å². The summed E-state index contributed by atoms with van der Waals surface area (Å²) in [6, 6.07) is 5.64. The number of pyridine rings is 1. The molecule has 8 heteroatoms. The van der Waals surface area contributed by atoms with Gasteiger partial charge in [-0.05, 0) is 30.8 Å². The molecule has 0 spiro atoms. The van der Waals surface area contributed by atoms with Crippen LogP contribution in [0.15, 0.2) is 36.8 Å². The SMILES string of the molecule is CNCC(C)C(=O)NCc1ccnc(-n2cccn2)c1.Cl.Cl. The molecule has 0 bridgehead atoms. The number of hydrogen-bond acceptors (Lipinski definition) is 4. The van der Waals surface area contributed by atoms with Crippen LogP contribution in [0.25, 0.3) is 5.82 Å². The number of carbonyl (C=O) groups excluding carboxylic acids is 1. The second kappa shape index (κ2) is 10.2. The Morgan fingerprint density at radius 1 is 1.36 bits per heavy atom. The molecule has 0 fully saturated rings. The van der Waals surface area contributed by atoms with Gasteiger partial charge in [0.25, 0.3) is 0 Å². The minimum absolute atomic E-state index is 0. The maximum absolute atomic E-state index is 11.8. The third-order valence-electron chi connectivity index (χ3n) is 2.97. The van der Waals surface area contributed by atoms with Crippen LogP contribution in [0.1, 0.15) is 12.5 Å². The summed E-state index contributed by atoms with van der Waals surface area (Å²) in [6.07, 6.45) is 5.25. The van der Waals surface area contributed by atoms with E-state index in [1.54, 1.807) is 17.1 Å². The molecular weight excluding hydrogens is 325 g/mol. The fraction of sp³-hybridized carbons (Fsp3) is 0.357. The van der Waals surface area contributed by atoms with Crippen LogP contribution in [0.3, 0.4) is 0 Å². The van der Waals surface area contributed by atoms with E-state index in [4.69, 9.17) is 0 Å². The van der Waals surface area contributed by atoms with E-state index in [0.29, 0.717) is 13.1 Å². The van der Waals surface area contributed by atoms with Crippen molar-refractivity contribution in [2.24, 2.45) is 5.92 Å². The van der Waals surface area contributed by atoms with Crippen LogP contribution in [0.5, 0.6) is 0 Å². The molecule has 2 rings (SSSR count). The first-order chi connectivity index (χ1) is 9.70. The minimum atomic E-state index is -0.0487. The van der Waals surface area contributed by atoms with Crippen LogP contribution in [0, 0.1) is 5.92 Å². The second-order valence-electron chi connectivity index (χ2n) is 4.65. The number of nitrogens with one attached hydrogen (secondary N) is 2. The fourth-order valence-corrected chi connectivity index (χ4v) is 1.86. The predicted octanol–water partition coefficient (Wildman–Crippen LogP) is 1.58. The molecule has 1 unspecified atom stereocenters. The van der Waals surface area contributed by atoms with Crippen LogP contribution >= 0.6 is 24.8 Å². The van der Waals surface area contributed by atoms with Gasteiger partial charge in [-0.1, -0.05) is 6.92 Å². The van der Waals surface area contributed by atoms with Gasteiger partial charge in [0.1, 0.15) is 0 Å². The Morgan fingerprint density at radius 2 is 2.14 bits per heavy atom. The van der Waals surface area contributed by atoms with Crippen molar-refractivity contribution in [3.63, 3.8) is 0 Å². The molecule has 2 N–H and O–H groups in total. The summed E-state index contributed by atoms with van der Waals surface area (Å²) >= 11 is 0. The highest BCUT2D eigenvalue weighted by molar-refractivity contribution is 5.85. The molecule has 1 amide bonds. The van der Waals surface area contributed by atoms with Gasteiger partial charge in [0.15, 0.2) is 5.82 Å². The highest BCUT2D eigenvalue weighted by Gasteiger charge is 2.11. The van der Waals surface area contributed by atoms with Crippen molar-refractivity contribution in [3.05, 3.63) is 42.4 Å². The Hall–Kier alpha value is -1.63. The molecule has 0 aromatic carbocycles. The monoisotopic (exact) mass is 345 g/mol. The standard InChI is InChI=1S/C14H19N5O.2ClH/c1-11(9-15-2)14(20)17-10-12-4-6-16-13(8-12)19-7-3-5-18-19;;/h3-8,11,15H,9-10H2,1-2H3,(H,17,20);2*1H. The Bertz CT molecular complexity index is 562. The fourth-order valence-electron chi connectivity index (χ4n) is 1.86. The topological polar surface area (TPSA) is 71.8 Å². The van der Waals surface area contributed by atoms with Gasteiger partial charge < -0.3 is 10.6 Å². The zero-order chi connectivity index (χ0) is 14.4.